The normalized spacial score (nSPS) is 11.8. The molecule has 13 rings (SSSR count). The van der Waals surface area contributed by atoms with Crippen molar-refractivity contribution in [1.82, 2.24) is 34.1 Å². The Morgan fingerprint density at radius 1 is 0.381 bits per heavy atom. The number of hydrogen-bond acceptors (Lipinski definition) is 6. The minimum atomic E-state index is 0.679. The van der Waals surface area contributed by atoms with Gasteiger partial charge < -0.3 is 8.98 Å². The van der Waals surface area contributed by atoms with Crippen LogP contribution < -0.4 is 0 Å². The van der Waals surface area contributed by atoms with Crippen molar-refractivity contribution in [3.8, 4) is 56.5 Å². The fraction of sp³-hybridized carbons (Fsp3) is 0. The summed E-state index contributed by atoms with van der Waals surface area (Å²) in [5.74, 6) is 1.49. The summed E-state index contributed by atoms with van der Waals surface area (Å²) in [6.07, 6.45) is 5.55. The van der Waals surface area contributed by atoms with Gasteiger partial charge in [-0.05, 0) is 71.8 Å². The van der Waals surface area contributed by atoms with Crippen molar-refractivity contribution in [3.63, 3.8) is 0 Å². The molecule has 7 heterocycles. The van der Waals surface area contributed by atoms with Crippen LogP contribution in [0, 0.1) is 0 Å². The van der Waals surface area contributed by atoms with Gasteiger partial charge in [-0.1, -0.05) is 115 Å². The number of pyridine rings is 3. The van der Waals surface area contributed by atoms with E-state index in [-0.39, 0.29) is 0 Å². The van der Waals surface area contributed by atoms with Gasteiger partial charge >= 0.3 is 0 Å². The molecule has 6 aromatic carbocycles. The second-order valence-electron chi connectivity index (χ2n) is 15.8. The maximum Gasteiger partial charge on any atom is 0.162 e. The van der Waals surface area contributed by atoms with Crippen molar-refractivity contribution >= 4 is 65.8 Å². The summed E-state index contributed by atoms with van der Waals surface area (Å²) in [7, 11) is 0. The standard InChI is InChI=1S/C55H33N7O/c1-3-12-34(13-4-1)45-31-52(60-55(59-45)35-14-5-2-6-15-35)62-47-19-10-7-16-40(47)42-23-21-37(30-49(42)62)36-22-25-48-43(29-36)41-17-8-9-18-46(41)61(48)39-28-38(32-56-33-39)44-24-26-51-54(58-44)53-50(63-51)20-11-27-57-53/h1-33H. The number of fused-ring (bicyclic) bond motifs is 9. The Labute approximate surface area is 360 Å². The molecule has 0 radical (unpaired) electrons. The van der Waals surface area contributed by atoms with Gasteiger partial charge in [0.15, 0.2) is 17.0 Å². The van der Waals surface area contributed by atoms with Gasteiger partial charge in [0.05, 0.1) is 45.3 Å². The first-order chi connectivity index (χ1) is 31.2. The maximum atomic E-state index is 6.01. The second-order valence-corrected chi connectivity index (χ2v) is 15.8. The number of nitrogens with zero attached hydrogens (tertiary/aromatic N) is 7. The van der Waals surface area contributed by atoms with E-state index in [1.807, 2.05) is 60.9 Å². The predicted octanol–water partition coefficient (Wildman–Crippen LogP) is 13.4. The van der Waals surface area contributed by atoms with Gasteiger partial charge in [0.1, 0.15) is 16.9 Å². The van der Waals surface area contributed by atoms with Crippen molar-refractivity contribution in [2.24, 2.45) is 0 Å². The molecule has 0 atom stereocenters. The van der Waals surface area contributed by atoms with Crippen LogP contribution in [0.15, 0.2) is 205 Å². The predicted molar refractivity (Wildman–Crippen MR) is 253 cm³/mol. The van der Waals surface area contributed by atoms with Crippen LogP contribution >= 0.6 is 0 Å². The highest BCUT2D eigenvalue weighted by Gasteiger charge is 2.19. The zero-order valence-electron chi connectivity index (χ0n) is 33.6. The molecular formula is C55H33N7O. The lowest BCUT2D eigenvalue weighted by molar-refractivity contribution is 0.667. The highest BCUT2D eigenvalue weighted by atomic mass is 16.3. The SMILES string of the molecule is c1ccc(-c2cc(-n3c4ccccc4c4ccc(-c5ccc6c(c5)c5ccccc5n6-c5cncc(-c6ccc7oc8cccnc8c7n6)c5)cc43)nc(-c3ccccc3)n2)cc1. The molecule has 8 heteroatoms. The molecule has 7 aromatic heterocycles. The number of furan rings is 1. The summed E-state index contributed by atoms with van der Waals surface area (Å²) in [5, 5.41) is 4.64. The fourth-order valence-electron chi connectivity index (χ4n) is 9.17. The summed E-state index contributed by atoms with van der Waals surface area (Å²) in [6.45, 7) is 0. The van der Waals surface area contributed by atoms with E-state index in [0.717, 1.165) is 106 Å². The van der Waals surface area contributed by atoms with E-state index >= 15 is 0 Å². The molecule has 0 N–H and O–H groups in total. The molecule has 0 aliphatic heterocycles. The Morgan fingerprint density at radius 2 is 1.06 bits per heavy atom. The first-order valence-corrected chi connectivity index (χ1v) is 20.9. The summed E-state index contributed by atoms with van der Waals surface area (Å²) in [5.41, 5.74) is 15.0. The van der Waals surface area contributed by atoms with Gasteiger partial charge in [0, 0.05) is 56.7 Å². The zero-order chi connectivity index (χ0) is 41.4. The third-order valence-corrected chi connectivity index (χ3v) is 12.1. The molecule has 0 fully saturated rings. The number of aromatic nitrogens is 7. The third kappa shape index (κ3) is 5.66. The van der Waals surface area contributed by atoms with Crippen molar-refractivity contribution in [1.29, 1.82) is 0 Å². The molecule has 0 saturated carbocycles. The number of rotatable bonds is 6. The van der Waals surface area contributed by atoms with Crippen LogP contribution in [0.25, 0.3) is 122 Å². The molecule has 0 aliphatic carbocycles. The van der Waals surface area contributed by atoms with E-state index in [2.05, 4.69) is 148 Å². The highest BCUT2D eigenvalue weighted by molar-refractivity contribution is 6.12. The van der Waals surface area contributed by atoms with Crippen LogP contribution in [0.5, 0.6) is 0 Å². The molecule has 0 aliphatic rings. The van der Waals surface area contributed by atoms with E-state index in [0.29, 0.717) is 11.4 Å². The van der Waals surface area contributed by atoms with Crippen LogP contribution in [0.3, 0.4) is 0 Å². The van der Waals surface area contributed by atoms with E-state index in [1.165, 1.54) is 5.39 Å². The smallest absolute Gasteiger partial charge is 0.162 e. The van der Waals surface area contributed by atoms with Crippen molar-refractivity contribution in [3.05, 3.63) is 201 Å². The molecule has 0 amide bonds. The molecule has 13 aromatic rings. The minimum Gasteiger partial charge on any atom is -0.453 e. The lowest BCUT2D eigenvalue weighted by Crippen LogP contribution is -2.02. The second kappa shape index (κ2) is 13.9. The largest absolute Gasteiger partial charge is 0.453 e. The van der Waals surface area contributed by atoms with Crippen molar-refractivity contribution < 1.29 is 4.42 Å². The first-order valence-electron chi connectivity index (χ1n) is 20.9. The Balaban J connectivity index is 0.961. The number of hydrogen-bond donors (Lipinski definition) is 0. The summed E-state index contributed by atoms with van der Waals surface area (Å²) in [4.78, 5) is 24.6. The monoisotopic (exact) mass is 807 g/mol. The summed E-state index contributed by atoms with van der Waals surface area (Å²) >= 11 is 0. The molecule has 0 spiro atoms. The van der Waals surface area contributed by atoms with Crippen molar-refractivity contribution in [2.45, 2.75) is 0 Å². The Hall–Kier alpha value is -8.75. The molecule has 294 valence electrons. The molecule has 0 unspecified atom stereocenters. The zero-order valence-corrected chi connectivity index (χ0v) is 33.6. The lowest BCUT2D eigenvalue weighted by atomic mass is 10.0. The number of para-hydroxylation sites is 2. The van der Waals surface area contributed by atoms with Crippen LogP contribution in [-0.2, 0) is 0 Å². The average molecular weight is 808 g/mol. The quantitative estimate of drug-likeness (QED) is 0.166. The topological polar surface area (TPSA) is 87.5 Å². The Bertz CT molecular complexity index is 3870. The highest BCUT2D eigenvalue weighted by Crippen LogP contribution is 2.39. The average Bonchev–Trinajstić information content (AvgIpc) is 4.01. The van der Waals surface area contributed by atoms with Gasteiger partial charge in [0.25, 0.3) is 0 Å². The Kier molecular flexibility index (Phi) is 7.74. The van der Waals surface area contributed by atoms with Crippen LogP contribution in [0.1, 0.15) is 0 Å². The van der Waals surface area contributed by atoms with Gasteiger partial charge in [-0.15, -0.1) is 0 Å². The van der Waals surface area contributed by atoms with Gasteiger partial charge in [-0.25, -0.2) is 15.0 Å². The first kappa shape index (κ1) is 35.0. The third-order valence-electron chi connectivity index (χ3n) is 12.1. The van der Waals surface area contributed by atoms with Crippen molar-refractivity contribution in [2.75, 3.05) is 0 Å². The van der Waals surface area contributed by atoms with Gasteiger partial charge in [-0.3, -0.25) is 14.5 Å². The molecule has 0 bridgehead atoms. The lowest BCUT2D eigenvalue weighted by Gasteiger charge is -2.13. The molecule has 63 heavy (non-hydrogen) atoms. The van der Waals surface area contributed by atoms with E-state index < -0.39 is 0 Å². The van der Waals surface area contributed by atoms with Gasteiger partial charge in [-0.2, -0.15) is 0 Å². The minimum absolute atomic E-state index is 0.679. The van der Waals surface area contributed by atoms with Crippen LogP contribution in [-0.4, -0.2) is 34.1 Å². The number of benzene rings is 6. The summed E-state index contributed by atoms with van der Waals surface area (Å²) < 4.78 is 10.6. The van der Waals surface area contributed by atoms with E-state index in [9.17, 15) is 0 Å². The molecular weight excluding hydrogens is 775 g/mol. The maximum absolute atomic E-state index is 6.01. The van der Waals surface area contributed by atoms with Crippen LogP contribution in [0.2, 0.25) is 0 Å². The van der Waals surface area contributed by atoms with E-state index in [1.54, 1.807) is 6.20 Å². The van der Waals surface area contributed by atoms with Crippen LogP contribution in [0.4, 0.5) is 0 Å². The van der Waals surface area contributed by atoms with E-state index in [4.69, 9.17) is 24.4 Å². The summed E-state index contributed by atoms with van der Waals surface area (Å²) in [6, 6.07) is 63.2. The van der Waals surface area contributed by atoms with Gasteiger partial charge in [0.2, 0.25) is 0 Å². The molecule has 0 saturated heterocycles. The fourth-order valence-corrected chi connectivity index (χ4v) is 9.17. The Morgan fingerprint density at radius 3 is 1.90 bits per heavy atom. The molecule has 8 nitrogen and oxygen atoms in total.